The number of carbonyl (C=O) groups is 1. The molecule has 0 aliphatic heterocycles. The van der Waals surface area contributed by atoms with E-state index in [-0.39, 0.29) is 11.9 Å². The molecule has 0 saturated carbocycles. The maximum Gasteiger partial charge on any atom is 0.252 e. The predicted molar refractivity (Wildman–Crippen MR) is 75.7 cm³/mol. The van der Waals surface area contributed by atoms with Crippen molar-refractivity contribution in [2.75, 3.05) is 6.54 Å². The van der Waals surface area contributed by atoms with Crippen LogP contribution in [0.3, 0.4) is 0 Å². The molecule has 0 aromatic heterocycles. The third-order valence-corrected chi connectivity index (χ3v) is 3.23. The summed E-state index contributed by atoms with van der Waals surface area (Å²) in [5.74, 6) is -0.00264. The fourth-order valence-electron chi connectivity index (χ4n) is 2.13. The standard InChI is InChI=1S/C15H24N2O/c1-4-5-9-13(10-16)17-15(18)14-11(2)7-6-8-12(14)3/h6-8,13H,4-5,9-10,16H2,1-3H3,(H,17,18). The molecule has 0 aliphatic carbocycles. The third-order valence-electron chi connectivity index (χ3n) is 3.23. The minimum atomic E-state index is -0.00264. The van der Waals surface area contributed by atoms with E-state index in [1.54, 1.807) is 0 Å². The number of aryl methyl sites for hydroxylation is 2. The predicted octanol–water partition coefficient (Wildman–Crippen LogP) is 2.55. The first-order valence-corrected chi connectivity index (χ1v) is 6.67. The number of nitrogens with one attached hydrogen (secondary N) is 1. The highest BCUT2D eigenvalue weighted by molar-refractivity contribution is 5.97. The van der Waals surface area contributed by atoms with E-state index in [4.69, 9.17) is 5.73 Å². The number of nitrogens with two attached hydrogens (primary N) is 1. The lowest BCUT2D eigenvalue weighted by atomic mass is 10.0. The minimum Gasteiger partial charge on any atom is -0.348 e. The van der Waals surface area contributed by atoms with E-state index in [9.17, 15) is 4.79 Å². The molecule has 1 aromatic rings. The van der Waals surface area contributed by atoms with Gasteiger partial charge in [0.15, 0.2) is 0 Å². The zero-order valence-corrected chi connectivity index (χ0v) is 11.6. The van der Waals surface area contributed by atoms with Gasteiger partial charge in [-0.05, 0) is 31.4 Å². The van der Waals surface area contributed by atoms with Crippen LogP contribution >= 0.6 is 0 Å². The lowest BCUT2D eigenvalue weighted by Gasteiger charge is -2.18. The van der Waals surface area contributed by atoms with Crippen LogP contribution < -0.4 is 11.1 Å². The Morgan fingerprint density at radius 3 is 2.44 bits per heavy atom. The highest BCUT2D eigenvalue weighted by atomic mass is 16.1. The number of hydrogen-bond acceptors (Lipinski definition) is 2. The maximum absolute atomic E-state index is 12.3. The molecular weight excluding hydrogens is 224 g/mol. The highest BCUT2D eigenvalue weighted by Gasteiger charge is 2.15. The molecule has 0 fully saturated rings. The van der Waals surface area contributed by atoms with E-state index in [0.717, 1.165) is 36.0 Å². The molecule has 18 heavy (non-hydrogen) atoms. The van der Waals surface area contributed by atoms with Gasteiger partial charge >= 0.3 is 0 Å². The lowest BCUT2D eigenvalue weighted by molar-refractivity contribution is 0.0934. The first-order valence-electron chi connectivity index (χ1n) is 6.67. The number of amides is 1. The summed E-state index contributed by atoms with van der Waals surface area (Å²) >= 11 is 0. The van der Waals surface area contributed by atoms with Gasteiger partial charge in [0.2, 0.25) is 0 Å². The number of rotatable bonds is 6. The second-order valence-corrected chi connectivity index (χ2v) is 4.82. The van der Waals surface area contributed by atoms with Crippen molar-refractivity contribution >= 4 is 5.91 Å². The van der Waals surface area contributed by atoms with E-state index >= 15 is 0 Å². The van der Waals surface area contributed by atoms with Crippen LogP contribution in [0.1, 0.15) is 47.7 Å². The summed E-state index contributed by atoms with van der Waals surface area (Å²) in [6, 6.07) is 5.98. The maximum atomic E-state index is 12.3. The molecule has 0 bridgehead atoms. The van der Waals surface area contributed by atoms with Crippen LogP contribution in [0.25, 0.3) is 0 Å². The summed E-state index contributed by atoms with van der Waals surface area (Å²) in [5.41, 5.74) is 8.51. The van der Waals surface area contributed by atoms with Crippen LogP contribution in [-0.4, -0.2) is 18.5 Å². The molecule has 100 valence electrons. The van der Waals surface area contributed by atoms with E-state index in [1.165, 1.54) is 0 Å². The van der Waals surface area contributed by atoms with Gasteiger partial charge in [0, 0.05) is 18.2 Å². The van der Waals surface area contributed by atoms with E-state index in [0.29, 0.717) is 6.54 Å². The molecule has 0 radical (unpaired) electrons. The van der Waals surface area contributed by atoms with Gasteiger partial charge in [-0.3, -0.25) is 4.79 Å². The zero-order chi connectivity index (χ0) is 13.5. The van der Waals surface area contributed by atoms with Gasteiger partial charge in [0.05, 0.1) is 0 Å². The Balaban J connectivity index is 2.75. The fourth-order valence-corrected chi connectivity index (χ4v) is 2.13. The van der Waals surface area contributed by atoms with Crippen molar-refractivity contribution in [2.24, 2.45) is 5.73 Å². The van der Waals surface area contributed by atoms with Gasteiger partial charge in [0.1, 0.15) is 0 Å². The van der Waals surface area contributed by atoms with Crippen LogP contribution in [0.4, 0.5) is 0 Å². The molecule has 0 spiro atoms. The largest absolute Gasteiger partial charge is 0.348 e. The molecule has 1 amide bonds. The zero-order valence-electron chi connectivity index (χ0n) is 11.6. The van der Waals surface area contributed by atoms with Crippen molar-refractivity contribution in [1.29, 1.82) is 0 Å². The lowest BCUT2D eigenvalue weighted by Crippen LogP contribution is -2.40. The summed E-state index contributed by atoms with van der Waals surface area (Å²) in [4.78, 5) is 12.3. The number of hydrogen-bond donors (Lipinski definition) is 2. The van der Waals surface area contributed by atoms with Crippen molar-refractivity contribution in [3.05, 3.63) is 34.9 Å². The van der Waals surface area contributed by atoms with Crippen LogP contribution in [0.5, 0.6) is 0 Å². The van der Waals surface area contributed by atoms with Crippen molar-refractivity contribution < 1.29 is 4.79 Å². The van der Waals surface area contributed by atoms with Crippen molar-refractivity contribution in [3.8, 4) is 0 Å². The Bertz CT molecular complexity index is 381. The second kappa shape index (κ2) is 7.17. The molecular formula is C15H24N2O. The first kappa shape index (κ1) is 14.7. The molecule has 0 saturated heterocycles. The second-order valence-electron chi connectivity index (χ2n) is 4.82. The first-order chi connectivity index (χ1) is 8.60. The summed E-state index contributed by atoms with van der Waals surface area (Å²) < 4.78 is 0. The average Bonchev–Trinajstić information content (AvgIpc) is 2.34. The molecule has 0 heterocycles. The van der Waals surface area contributed by atoms with Crippen molar-refractivity contribution in [2.45, 2.75) is 46.1 Å². The average molecular weight is 248 g/mol. The van der Waals surface area contributed by atoms with E-state index in [2.05, 4.69) is 12.2 Å². The van der Waals surface area contributed by atoms with Crippen LogP contribution in [0.15, 0.2) is 18.2 Å². The smallest absolute Gasteiger partial charge is 0.252 e. The molecule has 1 rings (SSSR count). The van der Waals surface area contributed by atoms with Crippen LogP contribution in [0, 0.1) is 13.8 Å². The van der Waals surface area contributed by atoms with Gasteiger partial charge in [-0.1, -0.05) is 38.0 Å². The van der Waals surface area contributed by atoms with Gasteiger partial charge in [-0.25, -0.2) is 0 Å². The van der Waals surface area contributed by atoms with Crippen molar-refractivity contribution in [1.82, 2.24) is 5.32 Å². The Morgan fingerprint density at radius 1 is 1.33 bits per heavy atom. The third kappa shape index (κ3) is 3.84. The molecule has 3 nitrogen and oxygen atoms in total. The van der Waals surface area contributed by atoms with E-state index < -0.39 is 0 Å². The Labute approximate surface area is 110 Å². The monoisotopic (exact) mass is 248 g/mol. The van der Waals surface area contributed by atoms with Gasteiger partial charge < -0.3 is 11.1 Å². The van der Waals surface area contributed by atoms with Gasteiger partial charge in [0.25, 0.3) is 5.91 Å². The molecule has 1 aromatic carbocycles. The summed E-state index contributed by atoms with van der Waals surface area (Å²) in [7, 11) is 0. The van der Waals surface area contributed by atoms with Gasteiger partial charge in [-0.2, -0.15) is 0 Å². The molecule has 1 atom stereocenters. The minimum absolute atomic E-state index is 0.00264. The molecule has 3 N–H and O–H groups in total. The summed E-state index contributed by atoms with van der Waals surface area (Å²) in [6.45, 7) is 6.56. The van der Waals surface area contributed by atoms with E-state index in [1.807, 2.05) is 32.0 Å². The SMILES string of the molecule is CCCCC(CN)NC(=O)c1c(C)cccc1C. The van der Waals surface area contributed by atoms with Crippen molar-refractivity contribution in [3.63, 3.8) is 0 Å². The summed E-state index contributed by atoms with van der Waals surface area (Å²) in [5, 5.41) is 3.04. The van der Waals surface area contributed by atoms with Crippen LogP contribution in [0.2, 0.25) is 0 Å². The molecule has 1 unspecified atom stereocenters. The molecule has 0 aliphatic rings. The Hall–Kier alpha value is -1.35. The highest BCUT2D eigenvalue weighted by Crippen LogP contribution is 2.13. The van der Waals surface area contributed by atoms with Gasteiger partial charge in [-0.15, -0.1) is 0 Å². The number of unbranched alkanes of at least 4 members (excludes halogenated alkanes) is 1. The Kier molecular flexibility index (Phi) is 5.86. The molecule has 3 heteroatoms. The van der Waals surface area contributed by atoms with Crippen LogP contribution in [-0.2, 0) is 0 Å². The topological polar surface area (TPSA) is 55.1 Å². The fraction of sp³-hybridized carbons (Fsp3) is 0.533. The normalized spacial score (nSPS) is 12.2. The number of carbonyl (C=O) groups excluding carboxylic acids is 1. The quantitative estimate of drug-likeness (QED) is 0.813. The number of benzene rings is 1. The Morgan fingerprint density at radius 2 is 1.94 bits per heavy atom. The summed E-state index contributed by atoms with van der Waals surface area (Å²) in [6.07, 6.45) is 3.16.